The smallest absolute Gasteiger partial charge is 0.269 e. The molecule has 1 aliphatic rings. The Balaban J connectivity index is 1.33. The summed E-state index contributed by atoms with van der Waals surface area (Å²) in [6.45, 7) is 7.17. The van der Waals surface area contributed by atoms with Gasteiger partial charge in [0.15, 0.2) is 5.65 Å². The van der Waals surface area contributed by atoms with Gasteiger partial charge in [0.1, 0.15) is 0 Å². The van der Waals surface area contributed by atoms with Gasteiger partial charge in [-0.2, -0.15) is 0 Å². The zero-order valence-corrected chi connectivity index (χ0v) is 24.6. The highest BCUT2D eigenvalue weighted by Gasteiger charge is 2.27. The quantitative estimate of drug-likeness (QED) is 0.258. The van der Waals surface area contributed by atoms with Crippen molar-refractivity contribution in [2.24, 2.45) is 0 Å². The Morgan fingerprint density at radius 1 is 0.833 bits per heavy atom. The lowest BCUT2D eigenvalue weighted by atomic mass is 9.99. The first-order valence-electron chi connectivity index (χ1n) is 14.3. The maximum atomic E-state index is 14.0. The summed E-state index contributed by atoms with van der Waals surface area (Å²) >= 11 is 0. The van der Waals surface area contributed by atoms with Crippen LogP contribution in [-0.2, 0) is 16.6 Å². The van der Waals surface area contributed by atoms with Crippen molar-refractivity contribution >= 4 is 32.0 Å². The minimum absolute atomic E-state index is 0.236. The Hall–Kier alpha value is -4.24. The van der Waals surface area contributed by atoms with E-state index in [1.54, 1.807) is 30.5 Å². The molecule has 0 unspecified atom stereocenters. The lowest BCUT2D eigenvalue weighted by Gasteiger charge is -2.32. The number of fused-ring (bicyclic) bond motifs is 2. The standard InChI is InChI=1S/C34H33N5O2S/c1-24-33(28-12-13-32-27(20-28)14-15-35-32)31-21-29(22-36-34(31)39(24)42(40,41)30-6-4-3-5-7-30)26-10-8-25(9-11-26)23-38-18-16-37(2)17-19-38/h3-15,20-22,35H,16-19,23H2,1-2H3. The molecule has 0 amide bonds. The minimum Gasteiger partial charge on any atom is -0.361 e. The number of likely N-dealkylation sites (N-methyl/N-ethyl adjacent to an activating group) is 1. The van der Waals surface area contributed by atoms with Crippen molar-refractivity contribution in [3.8, 4) is 22.3 Å². The van der Waals surface area contributed by atoms with E-state index in [1.165, 1.54) is 9.54 Å². The number of piperazine rings is 1. The average molecular weight is 576 g/mol. The van der Waals surface area contributed by atoms with Crippen LogP contribution >= 0.6 is 0 Å². The average Bonchev–Trinajstić information content (AvgIpc) is 3.60. The number of benzene rings is 3. The molecule has 0 radical (unpaired) electrons. The van der Waals surface area contributed by atoms with Gasteiger partial charge in [0, 0.05) is 72.8 Å². The summed E-state index contributed by atoms with van der Waals surface area (Å²) < 4.78 is 29.3. The van der Waals surface area contributed by atoms with Gasteiger partial charge in [0.25, 0.3) is 10.0 Å². The molecule has 6 aromatic rings. The molecule has 0 aliphatic carbocycles. The number of nitrogens with zero attached hydrogens (tertiary/aromatic N) is 4. The van der Waals surface area contributed by atoms with Crippen LogP contribution in [0.5, 0.6) is 0 Å². The monoisotopic (exact) mass is 575 g/mol. The van der Waals surface area contributed by atoms with Crippen LogP contribution in [0.25, 0.3) is 44.2 Å². The molecule has 42 heavy (non-hydrogen) atoms. The third-order valence-corrected chi connectivity index (χ3v) is 10.2. The second-order valence-electron chi connectivity index (χ2n) is 11.2. The van der Waals surface area contributed by atoms with E-state index < -0.39 is 10.0 Å². The van der Waals surface area contributed by atoms with Crippen molar-refractivity contribution < 1.29 is 8.42 Å². The van der Waals surface area contributed by atoms with E-state index in [4.69, 9.17) is 4.98 Å². The van der Waals surface area contributed by atoms with Crippen molar-refractivity contribution in [3.63, 3.8) is 0 Å². The molecule has 8 heteroatoms. The molecule has 3 aromatic carbocycles. The van der Waals surface area contributed by atoms with Crippen LogP contribution in [0.3, 0.4) is 0 Å². The number of nitrogens with one attached hydrogen (secondary N) is 1. The number of rotatable bonds is 6. The first-order chi connectivity index (χ1) is 20.4. The van der Waals surface area contributed by atoms with Gasteiger partial charge in [0.2, 0.25) is 0 Å². The molecular formula is C34H33N5O2S. The molecule has 0 bridgehead atoms. The van der Waals surface area contributed by atoms with E-state index in [-0.39, 0.29) is 4.90 Å². The lowest BCUT2D eigenvalue weighted by Crippen LogP contribution is -2.43. The molecule has 3 aromatic heterocycles. The number of H-pyrrole nitrogens is 1. The zero-order valence-electron chi connectivity index (χ0n) is 23.8. The van der Waals surface area contributed by atoms with Crippen LogP contribution in [0, 0.1) is 6.92 Å². The normalized spacial score (nSPS) is 15.1. The van der Waals surface area contributed by atoms with Crippen LogP contribution in [-0.4, -0.2) is 65.4 Å². The van der Waals surface area contributed by atoms with Crippen LogP contribution in [0.4, 0.5) is 0 Å². The van der Waals surface area contributed by atoms with Crippen LogP contribution in [0.1, 0.15) is 11.3 Å². The Morgan fingerprint density at radius 2 is 1.57 bits per heavy atom. The van der Waals surface area contributed by atoms with Crippen molar-refractivity contribution in [1.29, 1.82) is 0 Å². The summed E-state index contributed by atoms with van der Waals surface area (Å²) in [6, 6.07) is 27.5. The van der Waals surface area contributed by atoms with E-state index in [0.717, 1.165) is 71.3 Å². The van der Waals surface area contributed by atoms with Gasteiger partial charge in [0.05, 0.1) is 4.90 Å². The second-order valence-corrected chi connectivity index (χ2v) is 13.0. The van der Waals surface area contributed by atoms with E-state index in [9.17, 15) is 8.42 Å². The van der Waals surface area contributed by atoms with Crippen LogP contribution in [0.2, 0.25) is 0 Å². The highest BCUT2D eigenvalue weighted by molar-refractivity contribution is 7.90. The van der Waals surface area contributed by atoms with Gasteiger partial charge in [-0.1, -0.05) is 48.5 Å². The largest absolute Gasteiger partial charge is 0.361 e. The van der Waals surface area contributed by atoms with Crippen molar-refractivity contribution in [3.05, 3.63) is 109 Å². The van der Waals surface area contributed by atoms with Crippen molar-refractivity contribution in [1.82, 2.24) is 23.7 Å². The summed E-state index contributed by atoms with van der Waals surface area (Å²) in [5, 5.41) is 1.87. The van der Waals surface area contributed by atoms with Gasteiger partial charge in [-0.15, -0.1) is 0 Å². The molecule has 1 aliphatic heterocycles. The maximum Gasteiger partial charge on any atom is 0.269 e. The van der Waals surface area contributed by atoms with Gasteiger partial charge in [-0.3, -0.25) is 4.90 Å². The highest BCUT2D eigenvalue weighted by atomic mass is 32.2. The number of hydrogen-bond donors (Lipinski definition) is 1. The van der Waals surface area contributed by atoms with Crippen molar-refractivity contribution in [2.45, 2.75) is 18.4 Å². The number of pyridine rings is 1. The van der Waals surface area contributed by atoms with E-state index in [1.807, 2.05) is 37.4 Å². The Morgan fingerprint density at radius 3 is 2.33 bits per heavy atom. The summed E-state index contributed by atoms with van der Waals surface area (Å²) in [5.74, 6) is 0. The third-order valence-electron chi connectivity index (χ3n) is 8.41. The molecule has 4 heterocycles. The summed E-state index contributed by atoms with van der Waals surface area (Å²) in [7, 11) is -1.70. The van der Waals surface area contributed by atoms with E-state index in [0.29, 0.717) is 11.3 Å². The molecule has 212 valence electrons. The fourth-order valence-corrected chi connectivity index (χ4v) is 7.59. The Kier molecular flexibility index (Phi) is 6.69. The van der Waals surface area contributed by atoms with Gasteiger partial charge < -0.3 is 9.88 Å². The SMILES string of the molecule is Cc1c(-c2ccc3[nH]ccc3c2)c2cc(-c3ccc(CN4CCN(C)CC4)cc3)cnc2n1S(=O)(=O)c1ccccc1. The fraction of sp³-hybridized carbons (Fsp3) is 0.206. The lowest BCUT2D eigenvalue weighted by molar-refractivity contribution is 0.148. The van der Waals surface area contributed by atoms with Gasteiger partial charge in [-0.25, -0.2) is 17.4 Å². The summed E-state index contributed by atoms with van der Waals surface area (Å²) in [6.07, 6.45) is 3.70. The first kappa shape index (κ1) is 26.6. The number of hydrogen-bond acceptors (Lipinski definition) is 5. The molecule has 1 N–H and O–H groups in total. The van der Waals surface area contributed by atoms with Crippen LogP contribution in [0.15, 0.2) is 102 Å². The van der Waals surface area contributed by atoms with E-state index in [2.05, 4.69) is 58.2 Å². The maximum absolute atomic E-state index is 14.0. The molecule has 0 spiro atoms. The summed E-state index contributed by atoms with van der Waals surface area (Å²) in [4.78, 5) is 13.1. The zero-order chi connectivity index (χ0) is 28.8. The Labute approximate surface area is 246 Å². The van der Waals surface area contributed by atoms with E-state index >= 15 is 0 Å². The number of aromatic nitrogens is 3. The number of aromatic amines is 1. The molecular weight excluding hydrogens is 542 g/mol. The van der Waals surface area contributed by atoms with Gasteiger partial charge >= 0.3 is 0 Å². The minimum atomic E-state index is -3.88. The molecule has 0 saturated carbocycles. The van der Waals surface area contributed by atoms with Crippen molar-refractivity contribution in [2.75, 3.05) is 33.2 Å². The molecule has 7 rings (SSSR count). The fourth-order valence-electron chi connectivity index (χ4n) is 6.05. The predicted octanol–water partition coefficient (Wildman–Crippen LogP) is 6.14. The van der Waals surface area contributed by atoms with Crippen LogP contribution < -0.4 is 0 Å². The third kappa shape index (κ3) is 4.71. The highest BCUT2D eigenvalue weighted by Crippen LogP contribution is 2.39. The predicted molar refractivity (Wildman–Crippen MR) is 169 cm³/mol. The first-order valence-corrected chi connectivity index (χ1v) is 15.7. The molecule has 1 saturated heterocycles. The molecule has 1 fully saturated rings. The topological polar surface area (TPSA) is 74.2 Å². The van der Waals surface area contributed by atoms with Gasteiger partial charge in [-0.05, 0) is 72.4 Å². The summed E-state index contributed by atoms with van der Waals surface area (Å²) in [5.41, 5.74) is 7.21. The Bertz CT molecular complexity index is 2000. The molecule has 0 atom stereocenters. The molecule has 7 nitrogen and oxygen atoms in total. The second kappa shape index (κ2) is 10.5.